The zero-order valence-corrected chi connectivity index (χ0v) is 13.7. The summed E-state index contributed by atoms with van der Waals surface area (Å²) in [6.45, 7) is 6.23. The molecule has 0 amide bonds. The first-order chi connectivity index (χ1) is 10.1. The van der Waals surface area contributed by atoms with Gasteiger partial charge < -0.3 is 5.32 Å². The van der Waals surface area contributed by atoms with Crippen LogP contribution in [0.25, 0.3) is 0 Å². The second kappa shape index (κ2) is 7.48. The van der Waals surface area contributed by atoms with Crippen LogP contribution in [0, 0.1) is 6.92 Å². The van der Waals surface area contributed by atoms with Crippen molar-refractivity contribution in [3.8, 4) is 0 Å². The van der Waals surface area contributed by atoms with Crippen molar-refractivity contribution in [3.05, 3.63) is 64.7 Å². The Morgan fingerprint density at radius 3 is 2.62 bits per heavy atom. The lowest BCUT2D eigenvalue weighted by molar-refractivity contribution is 0.271. The molecule has 0 spiro atoms. The Labute approximate surface area is 132 Å². The Bertz CT molecular complexity index is 583. The molecule has 1 N–H and O–H groups in total. The van der Waals surface area contributed by atoms with Crippen LogP contribution < -0.4 is 5.32 Å². The fourth-order valence-electron chi connectivity index (χ4n) is 2.35. The van der Waals surface area contributed by atoms with E-state index in [2.05, 4.69) is 61.4 Å². The monoisotopic (exact) mass is 302 g/mol. The second-order valence-electron chi connectivity index (χ2n) is 5.45. The number of anilines is 1. The maximum atomic E-state index is 6.06. The number of aryl methyl sites for hydroxylation is 1. The lowest BCUT2D eigenvalue weighted by Crippen LogP contribution is -2.28. The number of nitrogens with zero attached hydrogens (tertiary/aromatic N) is 1. The number of likely N-dealkylation sites (N-methyl/N-ethyl adjacent to an activating group) is 1. The minimum absolute atomic E-state index is 0.349. The molecule has 0 radical (unpaired) electrons. The Morgan fingerprint density at radius 2 is 1.90 bits per heavy atom. The van der Waals surface area contributed by atoms with Crippen molar-refractivity contribution < 1.29 is 0 Å². The molecule has 0 saturated carbocycles. The summed E-state index contributed by atoms with van der Waals surface area (Å²) in [5.74, 6) is 0. The quantitative estimate of drug-likeness (QED) is 0.828. The fraction of sp³-hybridized carbons (Fsp3) is 0.333. The molecule has 0 aromatic heterocycles. The van der Waals surface area contributed by atoms with E-state index >= 15 is 0 Å². The molecule has 0 aliphatic carbocycles. The van der Waals surface area contributed by atoms with Gasteiger partial charge in [-0.25, -0.2) is 0 Å². The van der Waals surface area contributed by atoms with E-state index in [0.717, 1.165) is 18.1 Å². The van der Waals surface area contributed by atoms with Crippen molar-refractivity contribution in [2.45, 2.75) is 19.9 Å². The smallest absolute Gasteiger partial charge is 0.0409 e. The number of benzene rings is 2. The maximum Gasteiger partial charge on any atom is 0.0409 e. The van der Waals surface area contributed by atoms with Gasteiger partial charge >= 0.3 is 0 Å². The minimum Gasteiger partial charge on any atom is -0.384 e. The number of nitrogens with one attached hydrogen (secondary N) is 1. The van der Waals surface area contributed by atoms with E-state index in [-0.39, 0.29) is 0 Å². The number of hydrogen-bond donors (Lipinski definition) is 1. The predicted molar refractivity (Wildman–Crippen MR) is 92.2 cm³/mol. The number of rotatable bonds is 6. The number of halogens is 1. The second-order valence-corrected chi connectivity index (χ2v) is 5.89. The highest BCUT2D eigenvalue weighted by Gasteiger charge is 2.11. The van der Waals surface area contributed by atoms with Crippen molar-refractivity contribution >= 4 is 17.3 Å². The first kappa shape index (κ1) is 15.9. The van der Waals surface area contributed by atoms with Crippen LogP contribution in [0.1, 0.15) is 24.1 Å². The van der Waals surface area contributed by atoms with Crippen LogP contribution >= 0.6 is 11.6 Å². The standard InChI is InChI=1S/C18H23ClN2/c1-14-7-4-5-10-18(14)20-11-12-21(3)15(2)16-8-6-9-17(19)13-16/h4-10,13,15,20H,11-12H2,1-3H3. The maximum absolute atomic E-state index is 6.06. The van der Waals surface area contributed by atoms with E-state index in [1.54, 1.807) is 0 Å². The van der Waals surface area contributed by atoms with Gasteiger partial charge in [0.05, 0.1) is 0 Å². The van der Waals surface area contributed by atoms with Crippen LogP contribution in [0.4, 0.5) is 5.69 Å². The summed E-state index contributed by atoms with van der Waals surface area (Å²) in [7, 11) is 2.14. The summed E-state index contributed by atoms with van der Waals surface area (Å²) in [6, 6.07) is 16.8. The third kappa shape index (κ3) is 4.48. The van der Waals surface area contributed by atoms with Gasteiger partial charge in [-0.3, -0.25) is 4.90 Å². The summed E-state index contributed by atoms with van der Waals surface area (Å²) in [4.78, 5) is 2.33. The van der Waals surface area contributed by atoms with Crippen LogP contribution in [0.5, 0.6) is 0 Å². The van der Waals surface area contributed by atoms with Crippen LogP contribution in [0.3, 0.4) is 0 Å². The SMILES string of the molecule is Cc1ccccc1NCCN(C)C(C)c1cccc(Cl)c1. The number of para-hydroxylation sites is 1. The van der Waals surface area contributed by atoms with E-state index in [9.17, 15) is 0 Å². The fourth-order valence-corrected chi connectivity index (χ4v) is 2.55. The summed E-state index contributed by atoms with van der Waals surface area (Å²) in [6.07, 6.45) is 0. The van der Waals surface area contributed by atoms with Gasteiger partial charge in [0.25, 0.3) is 0 Å². The largest absolute Gasteiger partial charge is 0.384 e. The van der Waals surface area contributed by atoms with Crippen LogP contribution in [-0.4, -0.2) is 25.0 Å². The molecule has 1 unspecified atom stereocenters. The van der Waals surface area contributed by atoms with Crippen molar-refractivity contribution in [3.63, 3.8) is 0 Å². The topological polar surface area (TPSA) is 15.3 Å². The zero-order valence-electron chi connectivity index (χ0n) is 12.9. The molecule has 3 heteroatoms. The molecule has 0 aliphatic rings. The van der Waals surface area contributed by atoms with E-state index in [4.69, 9.17) is 11.6 Å². The van der Waals surface area contributed by atoms with E-state index in [1.807, 2.05) is 18.2 Å². The Balaban J connectivity index is 1.87. The van der Waals surface area contributed by atoms with Crippen molar-refractivity contribution in [1.82, 2.24) is 4.90 Å². The molecule has 1 atom stereocenters. The number of hydrogen-bond acceptors (Lipinski definition) is 2. The van der Waals surface area contributed by atoms with Gasteiger partial charge in [-0.1, -0.05) is 41.9 Å². The average Bonchev–Trinajstić information content (AvgIpc) is 2.48. The van der Waals surface area contributed by atoms with Crippen molar-refractivity contribution in [2.24, 2.45) is 0 Å². The molecule has 0 saturated heterocycles. The molecule has 0 heterocycles. The Kier molecular flexibility index (Phi) is 5.66. The van der Waals surface area contributed by atoms with Crippen LogP contribution in [0.15, 0.2) is 48.5 Å². The minimum atomic E-state index is 0.349. The van der Waals surface area contributed by atoms with Crippen LogP contribution in [0.2, 0.25) is 5.02 Å². The molecule has 0 aliphatic heterocycles. The van der Waals surface area contributed by atoms with Gasteiger partial charge in [-0.2, -0.15) is 0 Å². The molecule has 21 heavy (non-hydrogen) atoms. The first-order valence-electron chi connectivity index (χ1n) is 7.33. The zero-order chi connectivity index (χ0) is 15.2. The summed E-state index contributed by atoms with van der Waals surface area (Å²) < 4.78 is 0. The third-order valence-electron chi connectivity index (χ3n) is 3.92. The Hall–Kier alpha value is -1.51. The molecule has 2 aromatic rings. The highest BCUT2D eigenvalue weighted by atomic mass is 35.5. The van der Waals surface area contributed by atoms with Gasteiger partial charge in [0.2, 0.25) is 0 Å². The summed E-state index contributed by atoms with van der Waals surface area (Å²) in [5.41, 5.74) is 3.74. The molecule has 2 nitrogen and oxygen atoms in total. The highest BCUT2D eigenvalue weighted by molar-refractivity contribution is 6.30. The van der Waals surface area contributed by atoms with Gasteiger partial charge in [0.1, 0.15) is 0 Å². The van der Waals surface area contributed by atoms with Gasteiger partial charge in [-0.05, 0) is 50.2 Å². The highest BCUT2D eigenvalue weighted by Crippen LogP contribution is 2.21. The summed E-state index contributed by atoms with van der Waals surface area (Å²) in [5, 5.41) is 4.29. The van der Waals surface area contributed by atoms with Crippen molar-refractivity contribution in [1.29, 1.82) is 0 Å². The van der Waals surface area contributed by atoms with E-state index in [0.29, 0.717) is 6.04 Å². The molecular weight excluding hydrogens is 280 g/mol. The predicted octanol–water partition coefficient (Wildman–Crippen LogP) is 4.75. The Morgan fingerprint density at radius 1 is 1.14 bits per heavy atom. The lowest BCUT2D eigenvalue weighted by Gasteiger charge is -2.25. The molecular formula is C18H23ClN2. The molecule has 0 fully saturated rings. The molecule has 112 valence electrons. The lowest BCUT2D eigenvalue weighted by atomic mass is 10.1. The van der Waals surface area contributed by atoms with Gasteiger partial charge in [0.15, 0.2) is 0 Å². The van der Waals surface area contributed by atoms with Crippen LogP contribution in [-0.2, 0) is 0 Å². The molecule has 2 aromatic carbocycles. The normalized spacial score (nSPS) is 12.4. The van der Waals surface area contributed by atoms with E-state index < -0.39 is 0 Å². The van der Waals surface area contributed by atoms with Crippen molar-refractivity contribution in [2.75, 3.05) is 25.5 Å². The summed E-state index contributed by atoms with van der Waals surface area (Å²) >= 11 is 6.06. The first-order valence-corrected chi connectivity index (χ1v) is 7.71. The average molecular weight is 303 g/mol. The molecule has 2 rings (SSSR count). The van der Waals surface area contributed by atoms with Gasteiger partial charge in [-0.15, -0.1) is 0 Å². The third-order valence-corrected chi connectivity index (χ3v) is 4.15. The van der Waals surface area contributed by atoms with E-state index in [1.165, 1.54) is 16.8 Å². The molecule has 0 bridgehead atoms. The van der Waals surface area contributed by atoms with Gasteiger partial charge in [0, 0.05) is 29.8 Å².